The van der Waals surface area contributed by atoms with Crippen molar-refractivity contribution < 1.29 is 0 Å². The SMILES string of the molecule is CC(C)CNCCN(C)C/C=C/Cl. The van der Waals surface area contributed by atoms with E-state index in [4.69, 9.17) is 11.6 Å². The molecule has 0 aromatic carbocycles. The van der Waals surface area contributed by atoms with Crippen molar-refractivity contribution in [3.8, 4) is 0 Å². The first-order valence-corrected chi connectivity index (χ1v) is 5.25. The molecule has 0 aromatic rings. The van der Waals surface area contributed by atoms with Crippen molar-refractivity contribution in [2.45, 2.75) is 13.8 Å². The van der Waals surface area contributed by atoms with Crippen LogP contribution in [0.1, 0.15) is 13.8 Å². The molecule has 1 N–H and O–H groups in total. The van der Waals surface area contributed by atoms with Gasteiger partial charge in [-0.1, -0.05) is 31.5 Å². The largest absolute Gasteiger partial charge is 0.315 e. The van der Waals surface area contributed by atoms with Crippen molar-refractivity contribution >= 4 is 11.6 Å². The van der Waals surface area contributed by atoms with Crippen LogP contribution in [0.15, 0.2) is 11.6 Å². The van der Waals surface area contributed by atoms with Gasteiger partial charge in [-0.05, 0) is 19.5 Å². The van der Waals surface area contributed by atoms with Crippen LogP contribution >= 0.6 is 11.6 Å². The molecular weight excluding hydrogens is 184 g/mol. The predicted molar refractivity (Wildman–Crippen MR) is 60.2 cm³/mol. The Morgan fingerprint density at radius 1 is 1.46 bits per heavy atom. The van der Waals surface area contributed by atoms with Gasteiger partial charge in [0.25, 0.3) is 0 Å². The van der Waals surface area contributed by atoms with Crippen LogP contribution < -0.4 is 5.32 Å². The molecule has 0 rings (SSSR count). The highest BCUT2D eigenvalue weighted by molar-refractivity contribution is 6.25. The van der Waals surface area contributed by atoms with Gasteiger partial charge in [0.05, 0.1) is 0 Å². The Hall–Kier alpha value is -0.0500. The van der Waals surface area contributed by atoms with E-state index in [2.05, 4.69) is 31.1 Å². The summed E-state index contributed by atoms with van der Waals surface area (Å²) in [6, 6.07) is 0. The van der Waals surface area contributed by atoms with Crippen LogP contribution in [-0.4, -0.2) is 38.1 Å². The lowest BCUT2D eigenvalue weighted by molar-refractivity contribution is 0.361. The topological polar surface area (TPSA) is 15.3 Å². The molecule has 2 nitrogen and oxygen atoms in total. The van der Waals surface area contributed by atoms with Gasteiger partial charge in [-0.15, -0.1) is 0 Å². The molecule has 0 atom stereocenters. The Labute approximate surface area is 86.9 Å². The molecule has 0 fully saturated rings. The summed E-state index contributed by atoms with van der Waals surface area (Å²) in [5, 5.41) is 3.39. The van der Waals surface area contributed by atoms with Gasteiger partial charge in [-0.25, -0.2) is 0 Å². The van der Waals surface area contributed by atoms with E-state index in [-0.39, 0.29) is 0 Å². The highest BCUT2D eigenvalue weighted by Crippen LogP contribution is 1.87. The van der Waals surface area contributed by atoms with Gasteiger partial charge in [0, 0.05) is 25.2 Å². The summed E-state index contributed by atoms with van der Waals surface area (Å²) in [5.41, 5.74) is 1.57. The van der Waals surface area contributed by atoms with Crippen LogP contribution in [0.25, 0.3) is 0 Å². The van der Waals surface area contributed by atoms with E-state index in [0.717, 1.165) is 32.1 Å². The lowest BCUT2D eigenvalue weighted by Gasteiger charge is -2.15. The van der Waals surface area contributed by atoms with Crippen LogP contribution in [0.4, 0.5) is 0 Å². The van der Waals surface area contributed by atoms with Crippen LogP contribution in [0.2, 0.25) is 0 Å². The second kappa shape index (κ2) is 8.54. The van der Waals surface area contributed by atoms with E-state index >= 15 is 0 Å². The minimum atomic E-state index is 0.730. The Bertz CT molecular complexity index is 135. The molecule has 78 valence electrons. The summed E-state index contributed by atoms with van der Waals surface area (Å²) >= 11 is 5.43. The number of rotatable bonds is 7. The van der Waals surface area contributed by atoms with Crippen molar-refractivity contribution in [3.63, 3.8) is 0 Å². The summed E-state index contributed by atoms with van der Waals surface area (Å²) in [5.74, 6) is 0.730. The fraction of sp³-hybridized carbons (Fsp3) is 0.800. The standard InChI is InChI=1S/C10H21ClN2/c1-10(2)9-12-6-8-13(3)7-4-5-11/h4-5,10,12H,6-9H2,1-3H3/b5-4+. The Morgan fingerprint density at radius 3 is 2.69 bits per heavy atom. The molecule has 3 heteroatoms. The van der Waals surface area contributed by atoms with Gasteiger partial charge < -0.3 is 10.2 Å². The minimum Gasteiger partial charge on any atom is -0.315 e. The van der Waals surface area contributed by atoms with Gasteiger partial charge in [0.15, 0.2) is 0 Å². The molecule has 0 radical (unpaired) electrons. The fourth-order valence-corrected chi connectivity index (χ4v) is 1.05. The minimum absolute atomic E-state index is 0.730. The highest BCUT2D eigenvalue weighted by atomic mass is 35.5. The van der Waals surface area contributed by atoms with Crippen LogP contribution in [0.3, 0.4) is 0 Å². The smallest absolute Gasteiger partial charge is 0.0172 e. The van der Waals surface area contributed by atoms with E-state index in [1.54, 1.807) is 5.54 Å². The van der Waals surface area contributed by atoms with E-state index in [0.29, 0.717) is 0 Å². The van der Waals surface area contributed by atoms with Gasteiger partial charge in [0.1, 0.15) is 0 Å². The predicted octanol–water partition coefficient (Wildman–Crippen LogP) is 1.92. The van der Waals surface area contributed by atoms with Gasteiger partial charge in [-0.2, -0.15) is 0 Å². The maximum absolute atomic E-state index is 5.43. The lowest BCUT2D eigenvalue weighted by atomic mass is 10.2. The molecule has 0 aromatic heterocycles. The van der Waals surface area contributed by atoms with Crippen LogP contribution in [0, 0.1) is 5.92 Å². The van der Waals surface area contributed by atoms with E-state index in [1.165, 1.54) is 0 Å². The normalized spacial score (nSPS) is 12.2. The molecule has 0 aliphatic rings. The van der Waals surface area contributed by atoms with Crippen molar-refractivity contribution in [3.05, 3.63) is 11.6 Å². The summed E-state index contributed by atoms with van der Waals surface area (Å²) < 4.78 is 0. The summed E-state index contributed by atoms with van der Waals surface area (Å²) in [4.78, 5) is 2.23. The highest BCUT2D eigenvalue weighted by Gasteiger charge is 1.95. The first-order chi connectivity index (χ1) is 6.16. The maximum atomic E-state index is 5.43. The summed E-state index contributed by atoms with van der Waals surface area (Å²) in [6.07, 6.45) is 1.95. The molecule has 13 heavy (non-hydrogen) atoms. The molecule has 0 bridgehead atoms. The lowest BCUT2D eigenvalue weighted by Crippen LogP contribution is -2.31. The van der Waals surface area contributed by atoms with E-state index in [9.17, 15) is 0 Å². The molecule has 0 spiro atoms. The molecule has 0 heterocycles. The molecule has 0 saturated heterocycles. The zero-order valence-corrected chi connectivity index (χ0v) is 9.64. The first-order valence-electron chi connectivity index (χ1n) is 4.81. The zero-order chi connectivity index (χ0) is 10.1. The molecule has 0 amide bonds. The third-order valence-corrected chi connectivity index (χ3v) is 1.91. The Balaban J connectivity index is 3.21. The molecule has 0 saturated carbocycles. The third-order valence-electron chi connectivity index (χ3n) is 1.73. The average Bonchev–Trinajstić information content (AvgIpc) is 2.08. The number of likely N-dealkylation sites (N-methyl/N-ethyl adjacent to an activating group) is 1. The molecule has 0 aliphatic heterocycles. The number of hydrogen-bond donors (Lipinski definition) is 1. The van der Waals surface area contributed by atoms with Gasteiger partial charge in [0.2, 0.25) is 0 Å². The fourth-order valence-electron chi connectivity index (χ4n) is 0.972. The number of hydrogen-bond acceptors (Lipinski definition) is 2. The van der Waals surface area contributed by atoms with Crippen molar-refractivity contribution in [1.82, 2.24) is 10.2 Å². The van der Waals surface area contributed by atoms with Crippen LogP contribution in [0.5, 0.6) is 0 Å². The summed E-state index contributed by atoms with van der Waals surface area (Å²) in [7, 11) is 2.09. The monoisotopic (exact) mass is 204 g/mol. The van der Waals surface area contributed by atoms with E-state index < -0.39 is 0 Å². The third kappa shape index (κ3) is 9.87. The van der Waals surface area contributed by atoms with Crippen LogP contribution in [-0.2, 0) is 0 Å². The summed E-state index contributed by atoms with van der Waals surface area (Å²) in [6.45, 7) is 8.56. The average molecular weight is 205 g/mol. The second-order valence-corrected chi connectivity index (χ2v) is 3.97. The van der Waals surface area contributed by atoms with Crippen molar-refractivity contribution in [2.24, 2.45) is 5.92 Å². The molecular formula is C10H21ClN2. The Kier molecular flexibility index (Phi) is 8.51. The molecule has 0 unspecified atom stereocenters. The number of nitrogens with zero attached hydrogens (tertiary/aromatic N) is 1. The zero-order valence-electron chi connectivity index (χ0n) is 8.89. The van der Waals surface area contributed by atoms with Crippen molar-refractivity contribution in [2.75, 3.05) is 33.2 Å². The number of halogens is 1. The van der Waals surface area contributed by atoms with E-state index in [1.807, 2.05) is 6.08 Å². The quantitative estimate of drug-likeness (QED) is 0.638. The van der Waals surface area contributed by atoms with Crippen molar-refractivity contribution in [1.29, 1.82) is 0 Å². The molecule has 0 aliphatic carbocycles. The van der Waals surface area contributed by atoms with Gasteiger partial charge >= 0.3 is 0 Å². The first kappa shape index (κ1) is 12.9. The number of nitrogens with one attached hydrogen (secondary N) is 1. The maximum Gasteiger partial charge on any atom is 0.0172 e. The second-order valence-electron chi connectivity index (χ2n) is 3.72. The Morgan fingerprint density at radius 2 is 2.15 bits per heavy atom. The van der Waals surface area contributed by atoms with Gasteiger partial charge in [-0.3, -0.25) is 0 Å².